The van der Waals surface area contributed by atoms with E-state index in [0.29, 0.717) is 18.0 Å². The molecule has 16 heavy (non-hydrogen) atoms. The lowest BCUT2D eigenvalue weighted by Gasteiger charge is -2.12. The van der Waals surface area contributed by atoms with E-state index in [2.05, 4.69) is 5.32 Å². The van der Waals surface area contributed by atoms with Crippen LogP contribution < -0.4 is 10.1 Å². The average Bonchev–Trinajstić information content (AvgIpc) is 2.65. The van der Waals surface area contributed by atoms with Crippen LogP contribution in [0.3, 0.4) is 0 Å². The van der Waals surface area contributed by atoms with Crippen LogP contribution in [0.5, 0.6) is 5.75 Å². The summed E-state index contributed by atoms with van der Waals surface area (Å²) < 4.78 is 6.80. The van der Waals surface area contributed by atoms with Crippen molar-refractivity contribution in [3.8, 4) is 5.75 Å². The molecule has 1 aromatic heterocycles. The van der Waals surface area contributed by atoms with E-state index in [0.717, 1.165) is 22.3 Å². The molecule has 1 amide bonds. The minimum atomic E-state index is -0.0177. The van der Waals surface area contributed by atoms with Gasteiger partial charge in [0.05, 0.1) is 6.61 Å². The fraction of sp³-hybridized carbons (Fsp3) is 0.250. The highest BCUT2D eigenvalue weighted by Crippen LogP contribution is 2.38. The van der Waals surface area contributed by atoms with Crippen molar-refractivity contribution in [1.29, 1.82) is 0 Å². The van der Waals surface area contributed by atoms with Crippen LogP contribution in [0.1, 0.15) is 16.1 Å². The molecule has 2 heterocycles. The molecule has 0 saturated heterocycles. The van der Waals surface area contributed by atoms with E-state index >= 15 is 0 Å². The number of amides is 1. The highest BCUT2D eigenvalue weighted by Gasteiger charge is 2.20. The molecule has 0 unspecified atom stereocenters. The van der Waals surface area contributed by atoms with Crippen molar-refractivity contribution in [3.05, 3.63) is 29.1 Å². The second-order valence-electron chi connectivity index (χ2n) is 3.71. The van der Waals surface area contributed by atoms with Gasteiger partial charge in [0.25, 0.3) is 5.91 Å². The van der Waals surface area contributed by atoms with Gasteiger partial charge in [0.1, 0.15) is 4.88 Å². The lowest BCUT2D eigenvalue weighted by molar-refractivity contribution is 0.0945. The molecule has 0 bridgehead atoms. The summed E-state index contributed by atoms with van der Waals surface area (Å²) in [5, 5.41) is 3.93. The Morgan fingerprint density at radius 1 is 1.31 bits per heavy atom. The third-order valence-corrected chi connectivity index (χ3v) is 3.76. The van der Waals surface area contributed by atoms with Gasteiger partial charge in [-0.2, -0.15) is 0 Å². The van der Waals surface area contributed by atoms with Crippen LogP contribution >= 0.6 is 11.3 Å². The number of thiophene rings is 1. The van der Waals surface area contributed by atoms with Gasteiger partial charge in [-0.05, 0) is 18.6 Å². The van der Waals surface area contributed by atoms with Crippen LogP contribution in [0.2, 0.25) is 0 Å². The number of carbonyl (C=O) groups is 1. The van der Waals surface area contributed by atoms with Crippen LogP contribution in [-0.2, 0) is 0 Å². The summed E-state index contributed by atoms with van der Waals surface area (Å²) in [5.41, 5.74) is 0. The van der Waals surface area contributed by atoms with E-state index in [1.54, 1.807) is 0 Å². The zero-order chi connectivity index (χ0) is 11.0. The summed E-state index contributed by atoms with van der Waals surface area (Å²) in [6.07, 6.45) is 0.857. The summed E-state index contributed by atoms with van der Waals surface area (Å²) in [6, 6.07) is 7.96. The second-order valence-corrected chi connectivity index (χ2v) is 4.77. The number of ether oxygens (including phenoxy) is 1. The van der Waals surface area contributed by atoms with Crippen molar-refractivity contribution in [2.45, 2.75) is 6.42 Å². The lowest BCUT2D eigenvalue weighted by Crippen LogP contribution is -2.27. The number of benzene rings is 1. The number of hydrogen-bond donors (Lipinski definition) is 1. The van der Waals surface area contributed by atoms with Gasteiger partial charge >= 0.3 is 0 Å². The molecule has 0 aliphatic carbocycles. The Labute approximate surface area is 97.0 Å². The second kappa shape index (κ2) is 3.79. The summed E-state index contributed by atoms with van der Waals surface area (Å²) in [7, 11) is 0. The Morgan fingerprint density at radius 2 is 2.19 bits per heavy atom. The third kappa shape index (κ3) is 1.46. The summed E-state index contributed by atoms with van der Waals surface area (Å²) in [4.78, 5) is 12.5. The first-order valence-electron chi connectivity index (χ1n) is 5.29. The first kappa shape index (κ1) is 9.66. The molecule has 82 valence electrons. The minimum absolute atomic E-state index is 0.0177. The summed E-state index contributed by atoms with van der Waals surface area (Å²) >= 11 is 1.49. The van der Waals surface area contributed by atoms with Gasteiger partial charge in [-0.3, -0.25) is 4.79 Å². The number of hydrogen-bond acceptors (Lipinski definition) is 3. The zero-order valence-electron chi connectivity index (χ0n) is 8.66. The van der Waals surface area contributed by atoms with Crippen LogP contribution in [0.15, 0.2) is 24.3 Å². The van der Waals surface area contributed by atoms with Crippen LogP contribution in [-0.4, -0.2) is 19.1 Å². The van der Waals surface area contributed by atoms with Crippen molar-refractivity contribution in [2.75, 3.05) is 13.2 Å². The molecule has 1 aliphatic heterocycles. The monoisotopic (exact) mass is 233 g/mol. The molecule has 3 rings (SSSR count). The molecule has 0 atom stereocenters. The van der Waals surface area contributed by atoms with Crippen molar-refractivity contribution in [1.82, 2.24) is 5.32 Å². The molecule has 3 nitrogen and oxygen atoms in total. The van der Waals surface area contributed by atoms with Crippen LogP contribution in [0.4, 0.5) is 0 Å². The van der Waals surface area contributed by atoms with E-state index in [-0.39, 0.29) is 5.91 Å². The topological polar surface area (TPSA) is 38.3 Å². The smallest absolute Gasteiger partial charge is 0.265 e. The lowest BCUT2D eigenvalue weighted by atomic mass is 10.2. The molecule has 0 radical (unpaired) electrons. The maximum absolute atomic E-state index is 11.8. The van der Waals surface area contributed by atoms with Crippen molar-refractivity contribution < 1.29 is 9.53 Å². The molecule has 0 spiro atoms. The zero-order valence-corrected chi connectivity index (χ0v) is 9.47. The third-order valence-electron chi connectivity index (χ3n) is 2.61. The summed E-state index contributed by atoms with van der Waals surface area (Å²) in [5.74, 6) is 0.730. The Hall–Kier alpha value is -1.55. The van der Waals surface area contributed by atoms with E-state index < -0.39 is 0 Å². The van der Waals surface area contributed by atoms with Gasteiger partial charge in [-0.15, -0.1) is 11.3 Å². The molecule has 2 aromatic rings. The number of carbonyl (C=O) groups excluding carboxylic acids is 1. The fourth-order valence-electron chi connectivity index (χ4n) is 1.84. The van der Waals surface area contributed by atoms with Gasteiger partial charge in [-0.25, -0.2) is 0 Å². The number of fused-ring (bicyclic) bond motifs is 3. The number of rotatable bonds is 0. The molecule has 4 heteroatoms. The Morgan fingerprint density at radius 3 is 3.12 bits per heavy atom. The molecule has 0 saturated carbocycles. The quantitative estimate of drug-likeness (QED) is 0.759. The van der Waals surface area contributed by atoms with E-state index in [4.69, 9.17) is 4.74 Å². The average molecular weight is 233 g/mol. The van der Waals surface area contributed by atoms with Crippen LogP contribution in [0, 0.1) is 0 Å². The SMILES string of the molecule is O=C1NCCCOc2c1sc1ccccc21. The number of nitrogens with one attached hydrogen (secondary N) is 1. The largest absolute Gasteiger partial charge is 0.491 e. The standard InChI is InChI=1S/C12H11NO2S/c14-12-11-10(15-7-3-6-13-12)8-4-1-2-5-9(8)16-11/h1-2,4-5H,3,6-7H2,(H,13,14). The first-order chi connectivity index (χ1) is 7.86. The molecule has 0 fully saturated rings. The maximum atomic E-state index is 11.8. The molecular weight excluding hydrogens is 222 g/mol. The molecule has 1 aromatic carbocycles. The normalized spacial score (nSPS) is 15.9. The van der Waals surface area contributed by atoms with Crippen LogP contribution in [0.25, 0.3) is 10.1 Å². The molecular formula is C12H11NO2S. The van der Waals surface area contributed by atoms with E-state index in [9.17, 15) is 4.79 Å². The van der Waals surface area contributed by atoms with E-state index in [1.165, 1.54) is 11.3 Å². The first-order valence-corrected chi connectivity index (χ1v) is 6.10. The van der Waals surface area contributed by atoms with Gasteiger partial charge in [0.2, 0.25) is 0 Å². The molecule has 1 N–H and O–H groups in total. The highest BCUT2D eigenvalue weighted by molar-refractivity contribution is 7.21. The predicted octanol–water partition coefficient (Wildman–Crippen LogP) is 2.41. The Kier molecular flexibility index (Phi) is 2.29. The van der Waals surface area contributed by atoms with E-state index in [1.807, 2.05) is 24.3 Å². The van der Waals surface area contributed by atoms with Gasteiger partial charge in [0, 0.05) is 16.6 Å². The van der Waals surface area contributed by atoms with Gasteiger partial charge in [-0.1, -0.05) is 12.1 Å². The predicted molar refractivity (Wildman–Crippen MR) is 64.3 cm³/mol. The van der Waals surface area contributed by atoms with Crippen molar-refractivity contribution in [3.63, 3.8) is 0 Å². The summed E-state index contributed by atoms with van der Waals surface area (Å²) in [6.45, 7) is 1.35. The Bertz CT molecular complexity index is 547. The fourth-order valence-corrected chi connectivity index (χ4v) is 2.91. The van der Waals surface area contributed by atoms with Crippen molar-refractivity contribution >= 4 is 27.3 Å². The minimum Gasteiger partial charge on any atom is -0.491 e. The maximum Gasteiger partial charge on any atom is 0.265 e. The van der Waals surface area contributed by atoms with Gasteiger partial charge in [0.15, 0.2) is 5.75 Å². The Balaban J connectivity index is 2.23. The molecule has 1 aliphatic rings. The van der Waals surface area contributed by atoms with Gasteiger partial charge < -0.3 is 10.1 Å². The highest BCUT2D eigenvalue weighted by atomic mass is 32.1. The van der Waals surface area contributed by atoms with Crippen molar-refractivity contribution in [2.24, 2.45) is 0 Å².